The molecule has 92 valence electrons. The molecule has 1 unspecified atom stereocenters. The fourth-order valence-corrected chi connectivity index (χ4v) is 2.33. The normalized spacial score (nSPS) is 19.9. The summed E-state index contributed by atoms with van der Waals surface area (Å²) in [5, 5.41) is 0. The first kappa shape index (κ1) is 12.2. The Balaban J connectivity index is 2.45. The van der Waals surface area contributed by atoms with Gasteiger partial charge in [0.2, 0.25) is 5.91 Å². The second-order valence-corrected chi connectivity index (χ2v) is 4.70. The van der Waals surface area contributed by atoms with Gasteiger partial charge in [-0.05, 0) is 23.9 Å². The summed E-state index contributed by atoms with van der Waals surface area (Å²) >= 11 is 8.95. The van der Waals surface area contributed by atoms with Crippen LogP contribution in [-0.4, -0.2) is 28.2 Å². The van der Waals surface area contributed by atoms with Crippen molar-refractivity contribution in [1.29, 1.82) is 0 Å². The largest absolute Gasteiger partial charge is 0.383 e. The summed E-state index contributed by atoms with van der Waals surface area (Å²) in [6.45, 7) is 0.459. The van der Waals surface area contributed by atoms with Crippen molar-refractivity contribution in [2.75, 3.05) is 22.9 Å². The van der Waals surface area contributed by atoms with E-state index in [9.17, 15) is 9.59 Å². The molecule has 6 nitrogen and oxygen atoms in total. The lowest BCUT2D eigenvalue weighted by Gasteiger charge is -2.16. The first-order valence-corrected chi connectivity index (χ1v) is 6.10. The number of hydrogen-bond acceptors (Lipinski definition) is 5. The number of nitrogens with zero attached hydrogens (tertiary/aromatic N) is 1. The monoisotopic (exact) mass is 272 g/mol. The van der Waals surface area contributed by atoms with Gasteiger partial charge in [0.25, 0.3) is 5.56 Å². The summed E-state index contributed by atoms with van der Waals surface area (Å²) in [5.74, 6) is 0.745. The maximum Gasteiger partial charge on any atom is 0.277 e. The molecule has 1 fully saturated rings. The van der Waals surface area contributed by atoms with Gasteiger partial charge in [-0.2, -0.15) is 12.6 Å². The quantitative estimate of drug-likeness (QED) is 0.460. The zero-order valence-electron chi connectivity index (χ0n) is 8.90. The minimum Gasteiger partial charge on any atom is -0.383 e. The molecule has 4 N–H and O–H groups in total. The Morgan fingerprint density at radius 2 is 2.18 bits per heavy atom. The predicted molar refractivity (Wildman–Crippen MR) is 71.0 cm³/mol. The van der Waals surface area contributed by atoms with E-state index >= 15 is 0 Å². The molecule has 1 aliphatic heterocycles. The van der Waals surface area contributed by atoms with Gasteiger partial charge in [-0.15, -0.1) is 0 Å². The average molecular weight is 272 g/mol. The van der Waals surface area contributed by atoms with Gasteiger partial charge >= 0.3 is 0 Å². The van der Waals surface area contributed by atoms with Crippen LogP contribution < -0.4 is 16.2 Å². The summed E-state index contributed by atoms with van der Waals surface area (Å²) < 4.78 is 0.147. The van der Waals surface area contributed by atoms with Gasteiger partial charge in [0.15, 0.2) is 10.5 Å². The van der Waals surface area contributed by atoms with Crippen molar-refractivity contribution < 1.29 is 4.79 Å². The molecule has 1 saturated heterocycles. The maximum absolute atomic E-state index is 11.8. The van der Waals surface area contributed by atoms with Crippen molar-refractivity contribution in [3.63, 3.8) is 0 Å². The van der Waals surface area contributed by atoms with E-state index in [2.05, 4.69) is 22.6 Å². The molecule has 2 heterocycles. The molecular weight excluding hydrogens is 260 g/mol. The molecule has 2 rings (SSSR count). The van der Waals surface area contributed by atoms with E-state index in [0.717, 1.165) is 0 Å². The Labute approximate surface area is 108 Å². The van der Waals surface area contributed by atoms with Crippen LogP contribution in [0.25, 0.3) is 0 Å². The van der Waals surface area contributed by atoms with Gasteiger partial charge in [-0.3, -0.25) is 14.6 Å². The highest BCUT2D eigenvalue weighted by Crippen LogP contribution is 2.25. The lowest BCUT2D eigenvalue weighted by Crippen LogP contribution is -2.32. The van der Waals surface area contributed by atoms with Crippen molar-refractivity contribution in [1.82, 2.24) is 9.97 Å². The Morgan fingerprint density at radius 1 is 1.47 bits per heavy atom. The van der Waals surface area contributed by atoms with Crippen LogP contribution in [0.3, 0.4) is 0 Å². The van der Waals surface area contributed by atoms with E-state index in [1.807, 2.05) is 0 Å². The van der Waals surface area contributed by atoms with E-state index in [0.29, 0.717) is 18.7 Å². The van der Waals surface area contributed by atoms with Gasteiger partial charge in [-0.25, -0.2) is 0 Å². The third-order valence-electron chi connectivity index (χ3n) is 2.68. The van der Waals surface area contributed by atoms with Gasteiger partial charge in [-0.1, -0.05) is 0 Å². The molecule has 1 aromatic heterocycles. The van der Waals surface area contributed by atoms with Crippen LogP contribution >= 0.6 is 24.8 Å². The highest BCUT2D eigenvalue weighted by atomic mass is 32.1. The maximum atomic E-state index is 11.8. The molecule has 0 spiro atoms. The molecular formula is C9H12N4O2S2. The smallest absolute Gasteiger partial charge is 0.277 e. The lowest BCUT2D eigenvalue weighted by molar-refractivity contribution is -0.117. The van der Waals surface area contributed by atoms with Gasteiger partial charge < -0.3 is 15.6 Å². The minimum atomic E-state index is -0.445. The third kappa shape index (κ3) is 2.22. The number of aromatic nitrogens is 2. The van der Waals surface area contributed by atoms with Crippen LogP contribution in [0.15, 0.2) is 4.79 Å². The third-order valence-corrected chi connectivity index (χ3v) is 3.40. The Kier molecular flexibility index (Phi) is 3.25. The Morgan fingerprint density at radius 3 is 2.71 bits per heavy atom. The number of amides is 1. The molecule has 1 aliphatic rings. The number of anilines is 2. The summed E-state index contributed by atoms with van der Waals surface area (Å²) in [4.78, 5) is 30.0. The molecule has 1 atom stereocenters. The van der Waals surface area contributed by atoms with Crippen molar-refractivity contribution in [2.24, 2.45) is 5.92 Å². The van der Waals surface area contributed by atoms with E-state index in [1.54, 1.807) is 0 Å². The second kappa shape index (κ2) is 4.53. The zero-order chi connectivity index (χ0) is 12.6. The zero-order valence-corrected chi connectivity index (χ0v) is 10.6. The number of nitrogen functional groups attached to an aromatic ring is 1. The fourth-order valence-electron chi connectivity index (χ4n) is 1.89. The van der Waals surface area contributed by atoms with E-state index in [4.69, 9.17) is 18.0 Å². The fraction of sp³-hybridized carbons (Fsp3) is 0.444. The molecule has 0 aliphatic carbocycles. The molecule has 0 saturated carbocycles. The summed E-state index contributed by atoms with van der Waals surface area (Å²) in [6.07, 6.45) is 0.387. The van der Waals surface area contributed by atoms with Crippen molar-refractivity contribution in [3.05, 3.63) is 15.1 Å². The summed E-state index contributed by atoms with van der Waals surface area (Å²) in [5.41, 5.74) is 5.40. The molecule has 17 heavy (non-hydrogen) atoms. The lowest BCUT2D eigenvalue weighted by atomic mass is 10.1. The standard InChI is InChI=1S/C9H12N4O2S2/c10-7-6(8(15)12-9(17)11-7)13-2-4(3-16)1-5(13)14/h4,16H,1-3H2,(H4,10,11,12,15,17). The summed E-state index contributed by atoms with van der Waals surface area (Å²) in [6, 6.07) is 0. The second-order valence-electron chi connectivity index (χ2n) is 3.93. The SMILES string of the molecule is Nc1[nH]c(=S)[nH]c(=O)c1N1CC(CS)CC1=O. The van der Waals surface area contributed by atoms with Crippen molar-refractivity contribution >= 4 is 42.3 Å². The molecule has 1 aromatic rings. The van der Waals surface area contributed by atoms with Gasteiger partial charge in [0.05, 0.1) is 0 Å². The van der Waals surface area contributed by atoms with Crippen LogP contribution in [0.1, 0.15) is 6.42 Å². The molecule has 1 amide bonds. The number of nitrogens with one attached hydrogen (secondary N) is 2. The van der Waals surface area contributed by atoms with Crippen LogP contribution in [0.2, 0.25) is 0 Å². The Hall–Kier alpha value is -1.28. The van der Waals surface area contributed by atoms with Gasteiger partial charge in [0.1, 0.15) is 5.82 Å². The van der Waals surface area contributed by atoms with Gasteiger partial charge in [0, 0.05) is 13.0 Å². The average Bonchev–Trinajstić information content (AvgIpc) is 2.59. The van der Waals surface area contributed by atoms with Crippen LogP contribution in [-0.2, 0) is 4.79 Å². The van der Waals surface area contributed by atoms with E-state index < -0.39 is 5.56 Å². The number of H-pyrrole nitrogens is 2. The van der Waals surface area contributed by atoms with Crippen molar-refractivity contribution in [2.45, 2.75) is 6.42 Å². The van der Waals surface area contributed by atoms with E-state index in [-0.39, 0.29) is 28.1 Å². The number of carbonyl (C=O) groups is 1. The molecule has 0 radical (unpaired) electrons. The first-order valence-electron chi connectivity index (χ1n) is 5.06. The molecule has 0 aromatic carbocycles. The minimum absolute atomic E-state index is 0.118. The molecule has 0 bridgehead atoms. The first-order chi connectivity index (χ1) is 8.02. The number of thiol groups is 1. The number of rotatable bonds is 2. The Bertz CT molecular complexity index is 565. The highest BCUT2D eigenvalue weighted by molar-refractivity contribution is 7.80. The number of carbonyl (C=O) groups excluding carboxylic acids is 1. The number of hydrogen-bond donors (Lipinski definition) is 4. The van der Waals surface area contributed by atoms with Crippen LogP contribution in [0.5, 0.6) is 0 Å². The summed E-state index contributed by atoms with van der Waals surface area (Å²) in [7, 11) is 0. The number of aromatic amines is 2. The van der Waals surface area contributed by atoms with Crippen molar-refractivity contribution in [3.8, 4) is 0 Å². The predicted octanol–water partition coefficient (Wildman–Crippen LogP) is 0.297. The highest BCUT2D eigenvalue weighted by Gasteiger charge is 2.32. The van der Waals surface area contributed by atoms with Crippen LogP contribution in [0.4, 0.5) is 11.5 Å². The van der Waals surface area contributed by atoms with Crippen LogP contribution in [0, 0.1) is 10.7 Å². The molecule has 8 heteroatoms. The topological polar surface area (TPSA) is 95.0 Å². The van der Waals surface area contributed by atoms with E-state index in [1.165, 1.54) is 4.90 Å². The number of nitrogens with two attached hydrogens (primary N) is 1.